The van der Waals surface area contributed by atoms with E-state index in [9.17, 15) is 4.21 Å². The fourth-order valence-electron chi connectivity index (χ4n) is 1.40. The lowest BCUT2D eigenvalue weighted by Gasteiger charge is -2.22. The zero-order chi connectivity index (χ0) is 10.3. The van der Waals surface area contributed by atoms with Crippen molar-refractivity contribution in [3.8, 4) is 5.88 Å². The van der Waals surface area contributed by atoms with Crippen LogP contribution in [0.2, 0.25) is 0 Å². The molecule has 0 radical (unpaired) electrons. The summed E-state index contributed by atoms with van der Waals surface area (Å²) in [4.78, 5) is 0.184. The number of nitrogens with two attached hydrogens (primary N) is 1. The molecule has 14 heavy (non-hydrogen) atoms. The molecule has 78 valence electrons. The van der Waals surface area contributed by atoms with Gasteiger partial charge in [0, 0.05) is 13.0 Å². The Morgan fingerprint density at radius 1 is 1.86 bits per heavy atom. The standard InChI is InChI=1S/C7H12N4O2S/c1-5-2-3-11-7(13-5)6(4-10-11)14(8,9)12/h4-5H,2-3H2,1H3,(H3,8,9,12). The molecule has 0 spiro atoms. The van der Waals surface area contributed by atoms with Crippen LogP contribution < -0.4 is 9.88 Å². The summed E-state index contributed by atoms with van der Waals surface area (Å²) in [6.45, 7) is 2.63. The first-order valence-electron chi connectivity index (χ1n) is 4.27. The number of ether oxygens (including phenoxy) is 1. The molecule has 7 heteroatoms. The average Bonchev–Trinajstić information content (AvgIpc) is 2.45. The Hall–Kier alpha value is -1.08. The normalized spacial score (nSPS) is 24.9. The largest absolute Gasteiger partial charge is 0.474 e. The molecule has 0 bridgehead atoms. The molecule has 0 aromatic carbocycles. The second kappa shape index (κ2) is 2.96. The Morgan fingerprint density at radius 3 is 3.21 bits per heavy atom. The Labute approximate surface area is 82.1 Å². The molecule has 1 aliphatic rings. The summed E-state index contributed by atoms with van der Waals surface area (Å²) in [6, 6.07) is 0. The molecule has 0 saturated carbocycles. The smallest absolute Gasteiger partial charge is 0.231 e. The lowest BCUT2D eigenvalue weighted by Crippen LogP contribution is -2.24. The van der Waals surface area contributed by atoms with Crippen molar-refractivity contribution < 1.29 is 8.95 Å². The Balaban J connectivity index is 2.51. The summed E-state index contributed by atoms with van der Waals surface area (Å²) in [6.07, 6.45) is 2.26. The quantitative estimate of drug-likeness (QED) is 0.708. The molecular formula is C7H12N4O2S. The molecule has 0 fully saturated rings. The monoisotopic (exact) mass is 216 g/mol. The van der Waals surface area contributed by atoms with Crippen molar-refractivity contribution in [1.29, 1.82) is 4.78 Å². The third-order valence-corrected chi connectivity index (χ3v) is 3.08. The van der Waals surface area contributed by atoms with Crippen molar-refractivity contribution in [2.45, 2.75) is 30.9 Å². The average molecular weight is 216 g/mol. The Morgan fingerprint density at radius 2 is 2.57 bits per heavy atom. The molecular weight excluding hydrogens is 204 g/mol. The molecule has 2 atom stereocenters. The Bertz CT molecular complexity index is 450. The van der Waals surface area contributed by atoms with E-state index in [4.69, 9.17) is 14.7 Å². The minimum atomic E-state index is -3.23. The van der Waals surface area contributed by atoms with Gasteiger partial charge in [0.2, 0.25) is 5.88 Å². The van der Waals surface area contributed by atoms with Crippen LogP contribution in [0.3, 0.4) is 0 Å². The maximum absolute atomic E-state index is 11.3. The second-order valence-electron chi connectivity index (χ2n) is 3.35. The van der Waals surface area contributed by atoms with Gasteiger partial charge in [-0.15, -0.1) is 0 Å². The van der Waals surface area contributed by atoms with Crippen LogP contribution in [0.25, 0.3) is 0 Å². The van der Waals surface area contributed by atoms with Crippen LogP contribution in [-0.2, 0) is 16.5 Å². The lowest BCUT2D eigenvalue weighted by atomic mass is 10.2. The van der Waals surface area contributed by atoms with Gasteiger partial charge in [0.1, 0.15) is 14.8 Å². The maximum Gasteiger partial charge on any atom is 0.231 e. The van der Waals surface area contributed by atoms with E-state index < -0.39 is 9.92 Å². The van der Waals surface area contributed by atoms with Crippen LogP contribution in [-0.4, -0.2) is 20.1 Å². The predicted molar refractivity (Wildman–Crippen MR) is 50.2 cm³/mol. The fraction of sp³-hybridized carbons (Fsp3) is 0.571. The minimum Gasteiger partial charge on any atom is -0.474 e. The SMILES string of the molecule is CC1CCn2ncc(S(=N)(N)=O)c2O1. The van der Waals surface area contributed by atoms with Crippen LogP contribution in [0.1, 0.15) is 13.3 Å². The van der Waals surface area contributed by atoms with Gasteiger partial charge in [-0.3, -0.25) is 0 Å². The minimum absolute atomic E-state index is 0.0553. The first kappa shape index (κ1) is 9.47. The molecule has 0 aliphatic carbocycles. The van der Waals surface area contributed by atoms with Crippen molar-refractivity contribution in [2.24, 2.45) is 5.14 Å². The van der Waals surface area contributed by atoms with Crippen molar-refractivity contribution in [3.05, 3.63) is 6.20 Å². The Kier molecular flexibility index (Phi) is 2.00. The molecule has 2 heterocycles. The van der Waals surface area contributed by atoms with Gasteiger partial charge in [0.15, 0.2) is 0 Å². The van der Waals surface area contributed by atoms with E-state index in [-0.39, 0.29) is 11.0 Å². The lowest BCUT2D eigenvalue weighted by molar-refractivity contribution is 0.144. The molecule has 2 rings (SSSR count). The molecule has 3 N–H and O–H groups in total. The highest BCUT2D eigenvalue weighted by molar-refractivity contribution is 7.90. The van der Waals surface area contributed by atoms with E-state index in [0.717, 1.165) is 6.42 Å². The molecule has 2 unspecified atom stereocenters. The van der Waals surface area contributed by atoms with E-state index in [0.29, 0.717) is 12.4 Å². The third-order valence-electron chi connectivity index (χ3n) is 2.15. The van der Waals surface area contributed by atoms with E-state index >= 15 is 0 Å². The summed E-state index contributed by atoms with van der Waals surface area (Å²) in [5.41, 5.74) is 0. The van der Waals surface area contributed by atoms with Crippen LogP contribution >= 0.6 is 0 Å². The highest BCUT2D eigenvalue weighted by atomic mass is 32.2. The van der Waals surface area contributed by atoms with Gasteiger partial charge in [0.25, 0.3) is 0 Å². The number of aromatic nitrogens is 2. The van der Waals surface area contributed by atoms with Crippen LogP contribution in [0.5, 0.6) is 5.88 Å². The molecule has 0 saturated heterocycles. The summed E-state index contributed by atoms with van der Waals surface area (Å²) in [5.74, 6) is 0.381. The molecule has 6 nitrogen and oxygen atoms in total. The van der Waals surface area contributed by atoms with Crippen LogP contribution in [0.15, 0.2) is 11.1 Å². The summed E-state index contributed by atoms with van der Waals surface area (Å²) in [7, 11) is -3.23. The molecule has 1 aromatic heterocycles. The van der Waals surface area contributed by atoms with Gasteiger partial charge in [-0.05, 0) is 6.92 Å². The first-order valence-corrected chi connectivity index (χ1v) is 5.89. The number of hydrogen-bond donors (Lipinski definition) is 2. The number of nitrogens with one attached hydrogen (secondary N) is 1. The first-order chi connectivity index (χ1) is 6.48. The predicted octanol–water partition coefficient (Wildman–Crippen LogP) is 0.333. The zero-order valence-corrected chi connectivity index (χ0v) is 8.58. The number of fused-ring (bicyclic) bond motifs is 1. The van der Waals surface area contributed by atoms with E-state index in [1.165, 1.54) is 6.20 Å². The highest BCUT2D eigenvalue weighted by Crippen LogP contribution is 2.27. The van der Waals surface area contributed by atoms with Gasteiger partial charge in [0.05, 0.1) is 12.3 Å². The topological polar surface area (TPSA) is 94.0 Å². The second-order valence-corrected chi connectivity index (χ2v) is 5.00. The zero-order valence-electron chi connectivity index (χ0n) is 7.77. The van der Waals surface area contributed by atoms with Crippen molar-refractivity contribution >= 4 is 9.92 Å². The van der Waals surface area contributed by atoms with Gasteiger partial charge in [-0.1, -0.05) is 0 Å². The summed E-state index contributed by atoms with van der Waals surface area (Å²) in [5, 5.41) is 9.20. The molecule has 1 aliphatic heterocycles. The van der Waals surface area contributed by atoms with E-state index in [1.54, 1.807) is 4.68 Å². The maximum atomic E-state index is 11.3. The van der Waals surface area contributed by atoms with Crippen LogP contribution in [0, 0.1) is 4.78 Å². The van der Waals surface area contributed by atoms with Gasteiger partial charge in [-0.2, -0.15) is 5.10 Å². The van der Waals surface area contributed by atoms with E-state index in [2.05, 4.69) is 5.10 Å². The molecule has 1 aromatic rings. The number of rotatable bonds is 1. The number of nitrogens with zero attached hydrogens (tertiary/aromatic N) is 2. The molecule has 0 amide bonds. The summed E-state index contributed by atoms with van der Waals surface area (Å²) >= 11 is 0. The highest BCUT2D eigenvalue weighted by Gasteiger charge is 2.24. The number of hydrogen-bond acceptors (Lipinski definition) is 4. The van der Waals surface area contributed by atoms with E-state index in [1.807, 2.05) is 6.92 Å². The van der Waals surface area contributed by atoms with Crippen molar-refractivity contribution in [2.75, 3.05) is 0 Å². The van der Waals surface area contributed by atoms with Crippen molar-refractivity contribution in [3.63, 3.8) is 0 Å². The van der Waals surface area contributed by atoms with Crippen molar-refractivity contribution in [1.82, 2.24) is 9.78 Å². The summed E-state index contributed by atoms with van der Waals surface area (Å²) < 4.78 is 25.7. The van der Waals surface area contributed by atoms with Gasteiger partial charge >= 0.3 is 0 Å². The number of aryl methyl sites for hydroxylation is 1. The fourth-order valence-corrected chi connectivity index (χ4v) is 2.01. The van der Waals surface area contributed by atoms with Gasteiger partial charge in [-0.25, -0.2) is 18.8 Å². The third kappa shape index (κ3) is 1.48. The van der Waals surface area contributed by atoms with Crippen LogP contribution in [0.4, 0.5) is 0 Å². The van der Waals surface area contributed by atoms with Gasteiger partial charge < -0.3 is 4.74 Å².